The zero-order valence-corrected chi connectivity index (χ0v) is 17.0. The summed E-state index contributed by atoms with van der Waals surface area (Å²) in [7, 11) is 0. The molecule has 10 heteroatoms. The highest BCUT2D eigenvalue weighted by atomic mass is 32.1. The number of anilines is 1. The van der Waals surface area contributed by atoms with E-state index in [1.807, 2.05) is 13.8 Å². The SMILES string of the molecule is CCOC(=O)c1c(NC(=O)Cn2nnc(-c3ccc(F)cc3)n2)sc(CC)c1C. The lowest BCUT2D eigenvalue weighted by molar-refractivity contribution is -0.117. The molecule has 0 aliphatic heterocycles. The van der Waals surface area contributed by atoms with Gasteiger partial charge < -0.3 is 10.1 Å². The molecule has 1 aromatic carbocycles. The Balaban J connectivity index is 1.74. The van der Waals surface area contributed by atoms with Crippen LogP contribution < -0.4 is 5.32 Å². The molecule has 152 valence electrons. The topological polar surface area (TPSA) is 99.0 Å². The van der Waals surface area contributed by atoms with Gasteiger partial charge in [0, 0.05) is 10.4 Å². The van der Waals surface area contributed by atoms with Gasteiger partial charge in [0.25, 0.3) is 0 Å². The van der Waals surface area contributed by atoms with Gasteiger partial charge in [-0.2, -0.15) is 4.80 Å². The highest BCUT2D eigenvalue weighted by Gasteiger charge is 2.23. The van der Waals surface area contributed by atoms with Crippen molar-refractivity contribution in [3.05, 3.63) is 46.1 Å². The van der Waals surface area contributed by atoms with Crippen LogP contribution in [0, 0.1) is 12.7 Å². The van der Waals surface area contributed by atoms with E-state index in [2.05, 4.69) is 20.7 Å². The summed E-state index contributed by atoms with van der Waals surface area (Å²) < 4.78 is 18.2. The first-order chi connectivity index (χ1) is 13.9. The molecular weight excluding hydrogens is 397 g/mol. The fraction of sp³-hybridized carbons (Fsp3) is 0.316. The van der Waals surface area contributed by atoms with Crippen LogP contribution in [-0.2, 0) is 22.5 Å². The largest absolute Gasteiger partial charge is 0.462 e. The Labute approximate surface area is 170 Å². The maximum Gasteiger partial charge on any atom is 0.341 e. The number of rotatable bonds is 7. The minimum Gasteiger partial charge on any atom is -0.462 e. The summed E-state index contributed by atoms with van der Waals surface area (Å²) in [6, 6.07) is 5.65. The molecule has 0 fully saturated rings. The fourth-order valence-corrected chi connectivity index (χ4v) is 3.90. The summed E-state index contributed by atoms with van der Waals surface area (Å²) in [5.41, 5.74) is 1.77. The van der Waals surface area contributed by atoms with Crippen molar-refractivity contribution in [2.45, 2.75) is 33.7 Å². The van der Waals surface area contributed by atoms with Gasteiger partial charge in [-0.1, -0.05) is 6.92 Å². The molecule has 0 aliphatic rings. The zero-order chi connectivity index (χ0) is 21.0. The minimum absolute atomic E-state index is 0.186. The average Bonchev–Trinajstić information content (AvgIpc) is 3.26. The van der Waals surface area contributed by atoms with Crippen molar-refractivity contribution in [1.82, 2.24) is 20.2 Å². The molecule has 2 aromatic heterocycles. The maximum absolute atomic E-state index is 13.0. The molecule has 1 N–H and O–H groups in total. The number of amides is 1. The maximum atomic E-state index is 13.0. The van der Waals surface area contributed by atoms with Gasteiger partial charge in [0.1, 0.15) is 17.4 Å². The van der Waals surface area contributed by atoms with Crippen LogP contribution in [0.1, 0.15) is 34.6 Å². The Morgan fingerprint density at radius 2 is 1.97 bits per heavy atom. The molecule has 0 saturated heterocycles. The van der Waals surface area contributed by atoms with E-state index in [0.717, 1.165) is 21.7 Å². The van der Waals surface area contributed by atoms with Gasteiger partial charge >= 0.3 is 5.97 Å². The Kier molecular flexibility index (Phi) is 6.32. The van der Waals surface area contributed by atoms with Crippen LogP contribution in [0.5, 0.6) is 0 Å². The number of carbonyl (C=O) groups is 2. The van der Waals surface area contributed by atoms with Crippen molar-refractivity contribution in [2.24, 2.45) is 0 Å². The van der Waals surface area contributed by atoms with Gasteiger partial charge in [0.15, 0.2) is 0 Å². The molecular formula is C19H20FN5O3S. The number of aromatic nitrogens is 4. The molecule has 0 spiro atoms. The van der Waals surface area contributed by atoms with E-state index in [4.69, 9.17) is 4.74 Å². The van der Waals surface area contributed by atoms with E-state index in [-0.39, 0.29) is 24.8 Å². The number of halogens is 1. The molecule has 1 amide bonds. The van der Waals surface area contributed by atoms with Gasteiger partial charge in [0.2, 0.25) is 11.7 Å². The number of hydrogen-bond acceptors (Lipinski definition) is 7. The predicted molar refractivity (Wildman–Crippen MR) is 106 cm³/mol. The first-order valence-electron chi connectivity index (χ1n) is 9.05. The number of hydrogen-bond donors (Lipinski definition) is 1. The molecule has 3 rings (SSSR count). The third-order valence-corrected chi connectivity index (χ3v) is 5.49. The van der Waals surface area contributed by atoms with Crippen LogP contribution in [0.3, 0.4) is 0 Å². The van der Waals surface area contributed by atoms with Crippen LogP contribution >= 0.6 is 11.3 Å². The average molecular weight is 417 g/mol. The predicted octanol–water partition coefficient (Wildman–Crippen LogP) is 3.23. The Hall–Kier alpha value is -3.14. The second-order valence-electron chi connectivity index (χ2n) is 6.13. The van der Waals surface area contributed by atoms with Crippen LogP contribution in [-0.4, -0.2) is 38.7 Å². The number of esters is 1. The first kappa shape index (κ1) is 20.6. The molecule has 0 aliphatic carbocycles. The monoisotopic (exact) mass is 417 g/mol. The number of tetrazole rings is 1. The first-order valence-corrected chi connectivity index (χ1v) is 9.87. The quantitative estimate of drug-likeness (QED) is 0.593. The molecule has 0 saturated carbocycles. The summed E-state index contributed by atoms with van der Waals surface area (Å²) in [4.78, 5) is 26.9. The van der Waals surface area contributed by atoms with Gasteiger partial charge in [0.05, 0.1) is 12.2 Å². The number of thiophene rings is 1. The third kappa shape index (κ3) is 4.65. The Morgan fingerprint density at radius 1 is 1.24 bits per heavy atom. The smallest absolute Gasteiger partial charge is 0.341 e. The van der Waals surface area contributed by atoms with Crippen molar-refractivity contribution < 1.29 is 18.7 Å². The standard InChI is InChI=1S/C19H20FN5O3S/c1-4-14-11(3)16(19(27)28-5-2)18(29-14)21-15(26)10-25-23-17(22-24-25)12-6-8-13(20)9-7-12/h6-9H,4-5,10H2,1-3H3,(H,21,26). The van der Waals surface area contributed by atoms with E-state index < -0.39 is 11.9 Å². The molecule has 8 nitrogen and oxygen atoms in total. The minimum atomic E-state index is -0.464. The molecule has 0 unspecified atom stereocenters. The summed E-state index contributed by atoms with van der Waals surface area (Å²) in [5.74, 6) is -0.947. The summed E-state index contributed by atoms with van der Waals surface area (Å²) in [6.07, 6.45) is 0.741. The number of carbonyl (C=O) groups excluding carboxylic acids is 2. The van der Waals surface area contributed by atoms with Crippen molar-refractivity contribution in [1.29, 1.82) is 0 Å². The Morgan fingerprint density at radius 3 is 2.62 bits per heavy atom. The lowest BCUT2D eigenvalue weighted by atomic mass is 10.1. The number of nitrogens with one attached hydrogen (secondary N) is 1. The number of aryl methyl sites for hydroxylation is 1. The number of benzene rings is 1. The van der Waals surface area contributed by atoms with E-state index in [1.165, 1.54) is 35.6 Å². The van der Waals surface area contributed by atoms with E-state index in [0.29, 0.717) is 16.1 Å². The molecule has 29 heavy (non-hydrogen) atoms. The molecule has 2 heterocycles. The summed E-state index contributed by atoms with van der Waals surface area (Å²) in [6.45, 7) is 5.61. The van der Waals surface area contributed by atoms with Crippen molar-refractivity contribution in [2.75, 3.05) is 11.9 Å². The van der Waals surface area contributed by atoms with Crippen molar-refractivity contribution in [3.63, 3.8) is 0 Å². The number of nitrogens with zero attached hydrogens (tertiary/aromatic N) is 4. The van der Waals surface area contributed by atoms with Gasteiger partial charge in [-0.05, 0) is 55.3 Å². The van der Waals surface area contributed by atoms with Gasteiger partial charge in [-0.15, -0.1) is 21.5 Å². The molecule has 3 aromatic rings. The normalized spacial score (nSPS) is 10.8. The van der Waals surface area contributed by atoms with Crippen LogP contribution in [0.25, 0.3) is 11.4 Å². The van der Waals surface area contributed by atoms with Crippen LogP contribution in [0.4, 0.5) is 9.39 Å². The number of ether oxygens (including phenoxy) is 1. The lowest BCUT2D eigenvalue weighted by Crippen LogP contribution is -2.21. The molecule has 0 atom stereocenters. The second-order valence-corrected chi connectivity index (χ2v) is 7.23. The molecule has 0 bridgehead atoms. The van der Waals surface area contributed by atoms with Crippen molar-refractivity contribution in [3.8, 4) is 11.4 Å². The van der Waals surface area contributed by atoms with E-state index in [9.17, 15) is 14.0 Å². The summed E-state index contributed by atoms with van der Waals surface area (Å²) >= 11 is 1.35. The second kappa shape index (κ2) is 8.91. The van der Waals surface area contributed by atoms with Gasteiger partial charge in [-0.25, -0.2) is 9.18 Å². The lowest BCUT2D eigenvalue weighted by Gasteiger charge is -2.06. The highest BCUT2D eigenvalue weighted by Crippen LogP contribution is 2.34. The molecule has 0 radical (unpaired) electrons. The zero-order valence-electron chi connectivity index (χ0n) is 16.2. The van der Waals surface area contributed by atoms with Crippen LogP contribution in [0.15, 0.2) is 24.3 Å². The highest BCUT2D eigenvalue weighted by molar-refractivity contribution is 7.17. The van der Waals surface area contributed by atoms with Gasteiger partial charge in [-0.3, -0.25) is 4.79 Å². The van der Waals surface area contributed by atoms with Crippen LogP contribution in [0.2, 0.25) is 0 Å². The summed E-state index contributed by atoms with van der Waals surface area (Å²) in [5, 5.41) is 15.1. The third-order valence-electron chi connectivity index (χ3n) is 4.14. The van der Waals surface area contributed by atoms with E-state index in [1.54, 1.807) is 6.92 Å². The van der Waals surface area contributed by atoms with Crippen molar-refractivity contribution >= 4 is 28.2 Å². The fourth-order valence-electron chi connectivity index (χ4n) is 2.75. The Bertz CT molecular complexity index is 1030. The van der Waals surface area contributed by atoms with E-state index >= 15 is 0 Å².